The van der Waals surface area contributed by atoms with Crippen LogP contribution < -0.4 is 0 Å². The number of ether oxygens (including phenoxy) is 3. The maximum Gasteiger partial charge on any atom is 0.306 e. The molecule has 6 nitrogen and oxygen atoms in total. The van der Waals surface area contributed by atoms with E-state index in [0.717, 1.165) is 103 Å². The molecule has 0 aliphatic carbocycles. The van der Waals surface area contributed by atoms with Gasteiger partial charge in [-0.25, -0.2) is 0 Å². The van der Waals surface area contributed by atoms with E-state index in [-0.39, 0.29) is 31.1 Å². The third kappa shape index (κ3) is 51.8. The van der Waals surface area contributed by atoms with Crippen LogP contribution in [0.3, 0.4) is 0 Å². The molecule has 0 rings (SSSR count). The second-order valence-corrected chi connectivity index (χ2v) is 18.5. The molecule has 0 bridgehead atoms. The van der Waals surface area contributed by atoms with Crippen LogP contribution in [0.4, 0.5) is 0 Å². The van der Waals surface area contributed by atoms with E-state index in [1.165, 1.54) is 128 Å². The van der Waals surface area contributed by atoms with Gasteiger partial charge in [-0.05, 0) is 89.9 Å². The summed E-state index contributed by atoms with van der Waals surface area (Å²) in [6.45, 7) is 6.47. The molecule has 0 aliphatic rings. The van der Waals surface area contributed by atoms with Gasteiger partial charge in [0.15, 0.2) is 6.10 Å². The first-order valence-electron chi connectivity index (χ1n) is 27.9. The fourth-order valence-electron chi connectivity index (χ4n) is 7.76. The number of hydrogen-bond donors (Lipinski definition) is 0. The average molecular weight is 921 g/mol. The van der Waals surface area contributed by atoms with Crippen molar-refractivity contribution in [3.05, 3.63) is 72.9 Å². The van der Waals surface area contributed by atoms with Crippen molar-refractivity contribution in [2.45, 2.75) is 277 Å². The molecular formula is C60H104O6. The minimum Gasteiger partial charge on any atom is -0.462 e. The van der Waals surface area contributed by atoms with E-state index in [1.54, 1.807) is 0 Å². The third-order valence-electron chi connectivity index (χ3n) is 11.9. The first-order valence-corrected chi connectivity index (χ1v) is 27.9. The van der Waals surface area contributed by atoms with Crippen molar-refractivity contribution in [2.24, 2.45) is 0 Å². The van der Waals surface area contributed by atoms with Gasteiger partial charge in [0, 0.05) is 19.3 Å². The molecule has 6 heteroatoms. The molecule has 0 aromatic heterocycles. The van der Waals surface area contributed by atoms with E-state index < -0.39 is 6.10 Å². The zero-order valence-electron chi connectivity index (χ0n) is 43.4. The Hall–Kier alpha value is -3.15. The number of esters is 3. The summed E-state index contributed by atoms with van der Waals surface area (Å²) in [4.78, 5) is 37.9. The predicted octanol–water partition coefficient (Wildman–Crippen LogP) is 18.6. The van der Waals surface area contributed by atoms with Crippen molar-refractivity contribution in [2.75, 3.05) is 13.2 Å². The summed E-state index contributed by atoms with van der Waals surface area (Å²) in [7, 11) is 0. The summed E-state index contributed by atoms with van der Waals surface area (Å²) in [6.07, 6.45) is 69.1. The molecule has 0 radical (unpaired) electrons. The van der Waals surface area contributed by atoms with Gasteiger partial charge < -0.3 is 14.2 Å². The van der Waals surface area contributed by atoms with E-state index in [4.69, 9.17) is 14.2 Å². The highest BCUT2D eigenvalue weighted by atomic mass is 16.6. The number of carbonyl (C=O) groups excluding carboxylic acids is 3. The second-order valence-electron chi connectivity index (χ2n) is 18.5. The lowest BCUT2D eigenvalue weighted by Gasteiger charge is -2.18. The topological polar surface area (TPSA) is 78.9 Å². The summed E-state index contributed by atoms with van der Waals surface area (Å²) in [5.41, 5.74) is 0. The van der Waals surface area contributed by atoms with Crippen molar-refractivity contribution < 1.29 is 28.6 Å². The molecule has 0 N–H and O–H groups in total. The van der Waals surface area contributed by atoms with Gasteiger partial charge in [0.1, 0.15) is 13.2 Å². The molecular weight excluding hydrogens is 817 g/mol. The minimum atomic E-state index is -0.776. The molecule has 1 atom stereocenters. The van der Waals surface area contributed by atoms with Gasteiger partial charge in [-0.2, -0.15) is 0 Å². The van der Waals surface area contributed by atoms with Crippen molar-refractivity contribution in [3.8, 4) is 0 Å². The Morgan fingerprint density at radius 3 is 0.939 bits per heavy atom. The lowest BCUT2D eigenvalue weighted by Crippen LogP contribution is -2.30. The summed E-state index contributed by atoms with van der Waals surface area (Å²) >= 11 is 0. The molecule has 1 unspecified atom stereocenters. The predicted molar refractivity (Wildman–Crippen MR) is 284 cm³/mol. The summed E-state index contributed by atoms with van der Waals surface area (Å²) in [6, 6.07) is 0. The molecule has 0 heterocycles. The normalized spacial score (nSPS) is 12.6. The van der Waals surface area contributed by atoms with E-state index in [9.17, 15) is 14.4 Å². The highest BCUT2D eigenvalue weighted by molar-refractivity contribution is 5.71. The Morgan fingerprint density at radius 1 is 0.318 bits per heavy atom. The Bertz CT molecular complexity index is 1240. The van der Waals surface area contributed by atoms with Crippen LogP contribution >= 0.6 is 0 Å². The number of allylic oxidation sites excluding steroid dienone is 12. The Labute approximate surface area is 408 Å². The third-order valence-corrected chi connectivity index (χ3v) is 11.9. The van der Waals surface area contributed by atoms with Crippen LogP contribution in [-0.4, -0.2) is 37.2 Å². The Morgan fingerprint density at radius 2 is 0.591 bits per heavy atom. The van der Waals surface area contributed by atoms with Gasteiger partial charge in [-0.3, -0.25) is 14.4 Å². The number of unbranched alkanes of at least 4 members (excludes halogenated alkanes) is 27. The maximum absolute atomic E-state index is 12.8. The van der Waals surface area contributed by atoms with Gasteiger partial charge in [0.05, 0.1) is 0 Å². The van der Waals surface area contributed by atoms with Crippen LogP contribution in [0, 0.1) is 0 Å². The molecule has 380 valence electrons. The molecule has 0 aliphatic heterocycles. The van der Waals surface area contributed by atoms with Gasteiger partial charge in [-0.15, -0.1) is 0 Å². The molecule has 66 heavy (non-hydrogen) atoms. The van der Waals surface area contributed by atoms with Crippen molar-refractivity contribution in [3.63, 3.8) is 0 Å². The fourth-order valence-corrected chi connectivity index (χ4v) is 7.76. The van der Waals surface area contributed by atoms with Crippen LogP contribution in [0.1, 0.15) is 271 Å². The Balaban J connectivity index is 4.14. The first kappa shape index (κ1) is 62.8. The maximum atomic E-state index is 12.8. The summed E-state index contributed by atoms with van der Waals surface area (Å²) < 4.78 is 16.7. The highest BCUT2D eigenvalue weighted by Crippen LogP contribution is 2.15. The molecule has 0 saturated heterocycles. The van der Waals surface area contributed by atoms with E-state index in [1.807, 2.05) is 0 Å². The zero-order chi connectivity index (χ0) is 47.9. The standard InChI is InChI=1S/C60H104O6/c1-4-7-10-13-16-18-20-22-24-25-26-27-28-29-30-31-32-33-34-35-36-38-39-41-44-47-50-53-59(62)65-56-57(55-64-58(61)52-49-46-43-15-12-9-6-3)66-60(63)54-51-48-45-42-40-37-23-21-19-17-14-11-8-5-2/h7,10,16,18,21-24,26-27,29-30,57H,4-6,8-9,11-15,17,19-20,25,28,31-56H2,1-3H3/b10-7-,18-16-,23-21-,24-22-,27-26-,30-29-. The number of hydrogen-bond acceptors (Lipinski definition) is 6. The zero-order valence-corrected chi connectivity index (χ0v) is 43.4. The lowest BCUT2D eigenvalue weighted by molar-refractivity contribution is -0.167. The van der Waals surface area contributed by atoms with E-state index in [2.05, 4.69) is 93.7 Å². The number of carbonyl (C=O) groups is 3. The van der Waals surface area contributed by atoms with Crippen molar-refractivity contribution >= 4 is 17.9 Å². The summed E-state index contributed by atoms with van der Waals surface area (Å²) in [5.74, 6) is -0.891. The van der Waals surface area contributed by atoms with Crippen LogP contribution in [0.25, 0.3) is 0 Å². The lowest BCUT2D eigenvalue weighted by atomic mass is 10.0. The fraction of sp³-hybridized carbons (Fsp3) is 0.750. The second kappa shape index (κ2) is 54.5. The van der Waals surface area contributed by atoms with Crippen molar-refractivity contribution in [1.82, 2.24) is 0 Å². The van der Waals surface area contributed by atoms with E-state index >= 15 is 0 Å². The minimum absolute atomic E-state index is 0.0777. The smallest absolute Gasteiger partial charge is 0.306 e. The quantitative estimate of drug-likeness (QED) is 0.0262. The van der Waals surface area contributed by atoms with Gasteiger partial charge in [0.25, 0.3) is 0 Å². The molecule has 0 spiro atoms. The van der Waals surface area contributed by atoms with E-state index in [0.29, 0.717) is 19.3 Å². The molecule has 0 amide bonds. The first-order chi connectivity index (χ1) is 32.5. The number of rotatable bonds is 50. The SMILES string of the molecule is CC/C=C\C/C=C\C/C=C\C/C=C\C/C=C\CCCCCCCCCCCCCC(=O)OCC(COC(=O)CCCCCCCCC)OC(=O)CCCCCCC/C=C\CCCCCCC. The van der Waals surface area contributed by atoms with Crippen LogP contribution in [0.2, 0.25) is 0 Å². The largest absolute Gasteiger partial charge is 0.462 e. The van der Waals surface area contributed by atoms with Gasteiger partial charge >= 0.3 is 17.9 Å². The van der Waals surface area contributed by atoms with Gasteiger partial charge in [-0.1, -0.05) is 235 Å². The van der Waals surface area contributed by atoms with Crippen LogP contribution in [0.5, 0.6) is 0 Å². The van der Waals surface area contributed by atoms with Crippen LogP contribution in [-0.2, 0) is 28.6 Å². The molecule has 0 aromatic rings. The molecule has 0 aromatic carbocycles. The van der Waals surface area contributed by atoms with Crippen molar-refractivity contribution in [1.29, 1.82) is 0 Å². The highest BCUT2D eigenvalue weighted by Gasteiger charge is 2.19. The van der Waals surface area contributed by atoms with Crippen LogP contribution in [0.15, 0.2) is 72.9 Å². The monoisotopic (exact) mass is 921 g/mol. The summed E-state index contributed by atoms with van der Waals surface area (Å²) in [5, 5.41) is 0. The average Bonchev–Trinajstić information content (AvgIpc) is 3.31. The Kier molecular flexibility index (Phi) is 51.9. The van der Waals surface area contributed by atoms with Gasteiger partial charge in [0.2, 0.25) is 0 Å². The molecule has 0 fully saturated rings. The molecule has 0 saturated carbocycles.